The molecule has 2 heteroatoms. The van der Waals surface area contributed by atoms with Crippen molar-refractivity contribution in [3.05, 3.63) is 277 Å². The minimum absolute atomic E-state index is 1.13. The van der Waals surface area contributed by atoms with E-state index in [9.17, 15) is 0 Å². The van der Waals surface area contributed by atoms with Crippen molar-refractivity contribution in [1.29, 1.82) is 0 Å². The maximum absolute atomic E-state index is 2.48. The number of hydrogen-bond donors (Lipinski definition) is 0. The molecule has 1 aliphatic rings. The van der Waals surface area contributed by atoms with Gasteiger partial charge in [0.15, 0.2) is 0 Å². The molecule has 0 saturated heterocycles. The number of hydrogen-bond acceptors (Lipinski definition) is 2. The van der Waals surface area contributed by atoms with Crippen LogP contribution in [-0.2, 0) is 0 Å². The predicted molar refractivity (Wildman–Crippen MR) is 316 cm³/mol. The average Bonchev–Trinajstić information content (AvgIpc) is 3.45. The topological polar surface area (TPSA) is 6.48 Å². The molecule has 13 rings (SSSR count). The molecule has 0 aliphatic heterocycles. The van der Waals surface area contributed by atoms with Crippen molar-refractivity contribution in [1.82, 2.24) is 0 Å². The Hall–Kier alpha value is -9.24. The highest BCUT2D eigenvalue weighted by Gasteiger charge is 2.26. The third-order valence-corrected chi connectivity index (χ3v) is 15.2. The maximum Gasteiger partial charge on any atom is 0.0497 e. The van der Waals surface area contributed by atoms with Gasteiger partial charge in [0, 0.05) is 34.1 Å². The summed E-state index contributed by atoms with van der Waals surface area (Å²) >= 11 is 0. The SMILES string of the molecule is Cc1ccc(-c2ccccc2)cc1N(c1ccc2cc3c(cc2c1)-c1cc2ccc(N(c4cc(-c5ccccc5)ccc4C)c4cc(-c5ccccc5)ccc4C)cc2cc1-3)c1cc(-c2ccccc2)ccc1C. The molecule has 0 radical (unpaired) electrons. The Bertz CT molecular complexity index is 3640. The highest BCUT2D eigenvalue weighted by Crippen LogP contribution is 2.52. The molecule has 352 valence electrons. The highest BCUT2D eigenvalue weighted by atomic mass is 15.2. The normalized spacial score (nSPS) is 11.5. The van der Waals surface area contributed by atoms with Crippen molar-refractivity contribution >= 4 is 55.7 Å². The van der Waals surface area contributed by atoms with Gasteiger partial charge < -0.3 is 9.80 Å². The number of anilines is 6. The van der Waals surface area contributed by atoms with E-state index in [1.807, 2.05) is 0 Å². The smallest absolute Gasteiger partial charge is 0.0497 e. The van der Waals surface area contributed by atoms with Crippen LogP contribution in [0.2, 0.25) is 0 Å². The van der Waals surface area contributed by atoms with E-state index in [0.29, 0.717) is 0 Å². The van der Waals surface area contributed by atoms with Gasteiger partial charge in [-0.15, -0.1) is 0 Å². The van der Waals surface area contributed by atoms with E-state index < -0.39 is 0 Å². The fraction of sp³-hybridized carbons (Fsp3) is 0.0556. The van der Waals surface area contributed by atoms with Crippen molar-refractivity contribution in [2.24, 2.45) is 0 Å². The van der Waals surface area contributed by atoms with Crippen LogP contribution in [0.1, 0.15) is 22.3 Å². The zero-order chi connectivity index (χ0) is 49.9. The van der Waals surface area contributed by atoms with Gasteiger partial charge in [0.05, 0.1) is 0 Å². The second kappa shape index (κ2) is 18.4. The molecule has 0 fully saturated rings. The van der Waals surface area contributed by atoms with Gasteiger partial charge in [-0.2, -0.15) is 0 Å². The second-order valence-electron chi connectivity index (χ2n) is 20.0. The van der Waals surface area contributed by atoms with E-state index >= 15 is 0 Å². The lowest BCUT2D eigenvalue weighted by Gasteiger charge is -2.31. The molecular weight excluding hydrogens is 893 g/mol. The van der Waals surface area contributed by atoms with E-state index in [-0.39, 0.29) is 0 Å². The molecule has 0 amide bonds. The first-order valence-corrected chi connectivity index (χ1v) is 25.7. The summed E-state index contributed by atoms with van der Waals surface area (Å²) in [6.07, 6.45) is 0. The molecule has 74 heavy (non-hydrogen) atoms. The molecule has 12 aromatic carbocycles. The Morgan fingerprint density at radius 1 is 0.203 bits per heavy atom. The quantitative estimate of drug-likeness (QED) is 0.135. The van der Waals surface area contributed by atoms with Gasteiger partial charge >= 0.3 is 0 Å². The summed E-state index contributed by atoms with van der Waals surface area (Å²) in [5.41, 5.74) is 26.5. The summed E-state index contributed by atoms with van der Waals surface area (Å²) < 4.78 is 0. The minimum Gasteiger partial charge on any atom is -0.310 e. The predicted octanol–water partition coefficient (Wildman–Crippen LogP) is 20.5. The van der Waals surface area contributed by atoms with Crippen LogP contribution in [0.25, 0.3) is 88.3 Å². The van der Waals surface area contributed by atoms with Gasteiger partial charge in [0.1, 0.15) is 0 Å². The monoisotopic (exact) mass is 946 g/mol. The lowest BCUT2D eigenvalue weighted by atomic mass is 9.78. The molecule has 0 atom stereocenters. The fourth-order valence-electron chi connectivity index (χ4n) is 11.1. The Balaban J connectivity index is 0.914. The Labute approximate surface area is 434 Å². The summed E-state index contributed by atoms with van der Waals surface area (Å²) in [7, 11) is 0. The standard InChI is InChI=1S/C72H54N2/c1-47-25-29-57(51-17-9-5-10-18-51)43-69(47)73(70-44-58(30-26-48(70)2)52-19-11-6-12-20-52)63-35-33-55-39-65-67(41-61(55)37-63)66-40-56-34-36-64(38-62(56)42-68(65)66)74(71-45-59(31-27-49(71)3)53-21-13-7-14-22-53)72-46-60(32-28-50(72)4)54-23-15-8-16-24-54/h5-46H,1-4H3. The Morgan fingerprint density at radius 2 is 0.459 bits per heavy atom. The number of nitrogens with zero attached hydrogens (tertiary/aromatic N) is 2. The molecule has 0 saturated carbocycles. The summed E-state index contributed by atoms with van der Waals surface area (Å²) in [5.74, 6) is 0. The molecule has 0 spiro atoms. The van der Waals surface area contributed by atoms with Crippen LogP contribution >= 0.6 is 0 Å². The molecule has 0 heterocycles. The van der Waals surface area contributed by atoms with Crippen molar-refractivity contribution in [2.75, 3.05) is 9.80 Å². The fourth-order valence-corrected chi connectivity index (χ4v) is 11.1. The van der Waals surface area contributed by atoms with E-state index in [1.54, 1.807) is 0 Å². The Kier molecular flexibility index (Phi) is 11.1. The zero-order valence-corrected chi connectivity index (χ0v) is 42.1. The number of rotatable bonds is 10. The van der Waals surface area contributed by atoms with Gasteiger partial charge in [-0.1, -0.05) is 182 Å². The van der Waals surface area contributed by atoms with Crippen LogP contribution in [0.3, 0.4) is 0 Å². The maximum atomic E-state index is 2.48. The van der Waals surface area contributed by atoms with Crippen LogP contribution in [-0.4, -0.2) is 0 Å². The second-order valence-corrected chi connectivity index (χ2v) is 20.0. The van der Waals surface area contributed by atoms with E-state index in [1.165, 1.54) is 111 Å². The molecule has 0 unspecified atom stereocenters. The van der Waals surface area contributed by atoms with Crippen LogP contribution < -0.4 is 9.80 Å². The lowest BCUT2D eigenvalue weighted by molar-refractivity contribution is 1.23. The molecule has 2 nitrogen and oxygen atoms in total. The van der Waals surface area contributed by atoms with E-state index in [0.717, 1.165) is 34.1 Å². The molecule has 1 aliphatic carbocycles. The molecule has 12 aromatic rings. The first-order chi connectivity index (χ1) is 36.3. The summed E-state index contributed by atoms with van der Waals surface area (Å²) in [6.45, 7) is 8.92. The largest absolute Gasteiger partial charge is 0.310 e. The van der Waals surface area contributed by atoms with E-state index in [4.69, 9.17) is 0 Å². The lowest BCUT2D eigenvalue weighted by Crippen LogP contribution is -2.13. The van der Waals surface area contributed by atoms with Gasteiger partial charge in [0.25, 0.3) is 0 Å². The number of benzene rings is 12. The number of aryl methyl sites for hydroxylation is 4. The van der Waals surface area contributed by atoms with Gasteiger partial charge in [-0.25, -0.2) is 0 Å². The van der Waals surface area contributed by atoms with Gasteiger partial charge in [-0.05, 0) is 211 Å². The highest BCUT2D eigenvalue weighted by molar-refractivity contribution is 6.13. The van der Waals surface area contributed by atoms with Crippen molar-refractivity contribution in [3.8, 4) is 66.8 Å². The van der Waals surface area contributed by atoms with Gasteiger partial charge in [-0.3, -0.25) is 0 Å². The summed E-state index contributed by atoms with van der Waals surface area (Å²) in [4.78, 5) is 4.95. The Morgan fingerprint density at radius 3 is 0.730 bits per heavy atom. The van der Waals surface area contributed by atoms with Crippen molar-refractivity contribution in [3.63, 3.8) is 0 Å². The van der Waals surface area contributed by atoms with Crippen LogP contribution in [0, 0.1) is 27.7 Å². The van der Waals surface area contributed by atoms with Crippen LogP contribution in [0.5, 0.6) is 0 Å². The van der Waals surface area contributed by atoms with Crippen molar-refractivity contribution in [2.45, 2.75) is 27.7 Å². The van der Waals surface area contributed by atoms with Crippen LogP contribution in [0.4, 0.5) is 34.1 Å². The third-order valence-electron chi connectivity index (χ3n) is 15.2. The van der Waals surface area contributed by atoms with E-state index in [2.05, 4.69) is 292 Å². The van der Waals surface area contributed by atoms with Crippen LogP contribution in [0.15, 0.2) is 255 Å². The molecule has 0 N–H and O–H groups in total. The third kappa shape index (κ3) is 8.02. The van der Waals surface area contributed by atoms with Gasteiger partial charge in [0.2, 0.25) is 0 Å². The van der Waals surface area contributed by atoms with Crippen molar-refractivity contribution < 1.29 is 0 Å². The summed E-state index contributed by atoms with van der Waals surface area (Å²) in [5, 5.41) is 4.89. The first-order valence-electron chi connectivity index (χ1n) is 25.7. The molecular formula is C72H54N2. The molecule has 0 bridgehead atoms. The first kappa shape index (κ1) is 44.7. The number of fused-ring (bicyclic) bond motifs is 6. The zero-order valence-electron chi connectivity index (χ0n) is 42.1. The average molecular weight is 947 g/mol. The minimum atomic E-state index is 1.13. The molecule has 0 aromatic heterocycles. The summed E-state index contributed by atoms with van der Waals surface area (Å²) in [6, 6.07) is 94.0.